The lowest BCUT2D eigenvalue weighted by atomic mass is 9.87. The minimum absolute atomic E-state index is 0.136. The first-order chi connectivity index (χ1) is 15.7. The number of hydrogen-bond donors (Lipinski definition) is 0. The van der Waals surface area contributed by atoms with E-state index in [1.807, 2.05) is 54.3 Å². The third-order valence-corrected chi connectivity index (χ3v) is 7.23. The lowest BCUT2D eigenvalue weighted by Gasteiger charge is -2.38. The number of aryl methyl sites for hydroxylation is 1. The zero-order valence-electron chi connectivity index (χ0n) is 19.2. The molecule has 0 bridgehead atoms. The van der Waals surface area contributed by atoms with Gasteiger partial charge in [0.1, 0.15) is 0 Å². The fourth-order valence-corrected chi connectivity index (χ4v) is 5.02. The van der Waals surface area contributed by atoms with Gasteiger partial charge in [0.05, 0.1) is 25.2 Å². The second-order valence-corrected chi connectivity index (χ2v) is 10.2. The van der Waals surface area contributed by atoms with Crippen LogP contribution in [0.1, 0.15) is 38.7 Å². The number of sulfone groups is 1. The monoisotopic (exact) mass is 465 g/mol. The molecule has 33 heavy (non-hydrogen) atoms. The molecule has 3 aromatic carbocycles. The van der Waals surface area contributed by atoms with Gasteiger partial charge in [0.25, 0.3) is 5.91 Å². The van der Waals surface area contributed by atoms with E-state index in [2.05, 4.69) is 0 Å². The summed E-state index contributed by atoms with van der Waals surface area (Å²) < 4.78 is 35.3. The van der Waals surface area contributed by atoms with E-state index in [9.17, 15) is 13.2 Å². The van der Waals surface area contributed by atoms with E-state index in [0.717, 1.165) is 28.5 Å². The van der Waals surface area contributed by atoms with Crippen LogP contribution in [0.15, 0.2) is 65.6 Å². The van der Waals surface area contributed by atoms with E-state index in [1.54, 1.807) is 26.4 Å². The minimum Gasteiger partial charge on any atom is -0.493 e. The Bertz CT molecular complexity index is 1300. The molecule has 0 saturated carbocycles. The second-order valence-electron chi connectivity index (χ2n) is 8.22. The maximum Gasteiger partial charge on any atom is 0.254 e. The Kier molecular flexibility index (Phi) is 6.17. The molecule has 3 aromatic rings. The van der Waals surface area contributed by atoms with E-state index >= 15 is 0 Å². The van der Waals surface area contributed by atoms with Crippen molar-refractivity contribution >= 4 is 15.7 Å². The predicted octanol–water partition coefficient (Wildman–Crippen LogP) is 4.20. The van der Waals surface area contributed by atoms with E-state index < -0.39 is 9.84 Å². The van der Waals surface area contributed by atoms with E-state index in [4.69, 9.17) is 9.47 Å². The van der Waals surface area contributed by atoms with Crippen LogP contribution in [0.5, 0.6) is 11.5 Å². The van der Waals surface area contributed by atoms with Crippen LogP contribution in [0.3, 0.4) is 0 Å². The maximum atomic E-state index is 13.8. The summed E-state index contributed by atoms with van der Waals surface area (Å²) in [5.74, 6) is 1.05. The highest BCUT2D eigenvalue weighted by Gasteiger charge is 2.34. The molecule has 0 aliphatic carbocycles. The van der Waals surface area contributed by atoms with Crippen molar-refractivity contribution in [3.05, 3.63) is 88.5 Å². The molecule has 0 spiro atoms. The maximum absolute atomic E-state index is 13.8. The van der Waals surface area contributed by atoms with E-state index in [0.29, 0.717) is 30.0 Å². The van der Waals surface area contributed by atoms with Crippen LogP contribution in [-0.2, 0) is 16.3 Å². The van der Waals surface area contributed by atoms with Gasteiger partial charge in [-0.05, 0) is 59.9 Å². The zero-order valence-corrected chi connectivity index (χ0v) is 20.0. The predicted molar refractivity (Wildman–Crippen MR) is 127 cm³/mol. The Morgan fingerprint density at radius 3 is 2.27 bits per heavy atom. The summed E-state index contributed by atoms with van der Waals surface area (Å²) in [6.07, 6.45) is 1.80. The molecule has 6 nitrogen and oxygen atoms in total. The first-order valence-corrected chi connectivity index (χ1v) is 12.5. The fourth-order valence-electron chi connectivity index (χ4n) is 4.38. The largest absolute Gasteiger partial charge is 0.493 e. The van der Waals surface area contributed by atoms with Crippen LogP contribution < -0.4 is 9.47 Å². The molecule has 1 atom stereocenters. The highest BCUT2D eigenvalue weighted by molar-refractivity contribution is 7.90. The number of ether oxygens (including phenoxy) is 2. The van der Waals surface area contributed by atoms with Gasteiger partial charge in [-0.25, -0.2) is 8.42 Å². The average molecular weight is 466 g/mol. The summed E-state index contributed by atoms with van der Waals surface area (Å²) in [7, 11) is -0.241. The van der Waals surface area contributed by atoms with Gasteiger partial charge >= 0.3 is 0 Å². The van der Waals surface area contributed by atoms with E-state index in [1.165, 1.54) is 6.07 Å². The van der Waals surface area contributed by atoms with Gasteiger partial charge in [-0.3, -0.25) is 4.79 Å². The molecule has 1 aliphatic rings. The molecule has 0 aromatic heterocycles. The molecule has 0 radical (unpaired) electrons. The smallest absolute Gasteiger partial charge is 0.254 e. The topological polar surface area (TPSA) is 72.9 Å². The molecule has 1 amide bonds. The number of fused-ring (bicyclic) bond motifs is 1. The van der Waals surface area contributed by atoms with Crippen molar-refractivity contribution in [1.29, 1.82) is 0 Å². The Morgan fingerprint density at radius 2 is 1.64 bits per heavy atom. The number of rotatable bonds is 5. The van der Waals surface area contributed by atoms with Gasteiger partial charge < -0.3 is 14.4 Å². The molecular weight excluding hydrogens is 438 g/mol. The van der Waals surface area contributed by atoms with Crippen LogP contribution in [0, 0.1) is 6.92 Å². The zero-order chi connectivity index (χ0) is 23.8. The van der Waals surface area contributed by atoms with Crippen LogP contribution in [0.4, 0.5) is 0 Å². The van der Waals surface area contributed by atoms with Crippen molar-refractivity contribution in [1.82, 2.24) is 4.90 Å². The van der Waals surface area contributed by atoms with Gasteiger partial charge in [0, 0.05) is 18.4 Å². The average Bonchev–Trinajstić information content (AvgIpc) is 2.82. The third-order valence-electron chi connectivity index (χ3n) is 6.12. The number of amides is 1. The summed E-state index contributed by atoms with van der Waals surface area (Å²) in [6.45, 7) is 2.31. The van der Waals surface area contributed by atoms with Gasteiger partial charge in [-0.15, -0.1) is 0 Å². The highest BCUT2D eigenvalue weighted by Crippen LogP contribution is 2.41. The molecule has 0 saturated heterocycles. The standard InChI is InChI=1S/C26H27NO5S/c1-17-10-11-20(33(4,29)30)15-21(17)26(28)27-13-12-19-14-23(31-2)24(32-3)16-22(19)25(27)18-8-6-5-7-9-18/h5-11,14-16,25H,12-13H2,1-4H3. The second kappa shape index (κ2) is 8.90. The van der Waals surface area contributed by atoms with Crippen molar-refractivity contribution in [3.8, 4) is 11.5 Å². The Hall–Kier alpha value is -3.32. The van der Waals surface area contributed by atoms with Crippen molar-refractivity contribution in [2.75, 3.05) is 27.0 Å². The quantitative estimate of drug-likeness (QED) is 0.565. The SMILES string of the molecule is COc1cc2c(cc1OC)C(c1ccccc1)N(C(=O)c1cc(S(C)(=O)=O)ccc1C)CC2. The highest BCUT2D eigenvalue weighted by atomic mass is 32.2. The van der Waals surface area contributed by atoms with Crippen LogP contribution >= 0.6 is 0 Å². The molecule has 1 heterocycles. The summed E-state index contributed by atoms with van der Waals surface area (Å²) in [4.78, 5) is 15.8. The number of nitrogens with zero attached hydrogens (tertiary/aromatic N) is 1. The van der Waals surface area contributed by atoms with Crippen LogP contribution in [-0.4, -0.2) is 46.2 Å². The van der Waals surface area contributed by atoms with E-state index in [-0.39, 0.29) is 16.8 Å². The lowest BCUT2D eigenvalue weighted by Crippen LogP contribution is -2.41. The molecule has 0 fully saturated rings. The van der Waals surface area contributed by atoms with Gasteiger partial charge in [0.2, 0.25) is 0 Å². The minimum atomic E-state index is -3.44. The molecular formula is C26H27NO5S. The van der Waals surface area contributed by atoms with Crippen molar-refractivity contribution in [2.45, 2.75) is 24.3 Å². The van der Waals surface area contributed by atoms with Gasteiger partial charge in [0.15, 0.2) is 21.3 Å². The molecule has 1 unspecified atom stereocenters. The number of hydrogen-bond acceptors (Lipinski definition) is 5. The Labute approximate surface area is 194 Å². The van der Waals surface area contributed by atoms with Crippen molar-refractivity contribution in [2.24, 2.45) is 0 Å². The molecule has 1 aliphatic heterocycles. The summed E-state index contributed by atoms with van der Waals surface area (Å²) in [5, 5.41) is 0. The fraction of sp³-hybridized carbons (Fsp3) is 0.269. The van der Waals surface area contributed by atoms with Gasteiger partial charge in [-0.1, -0.05) is 36.4 Å². The van der Waals surface area contributed by atoms with Gasteiger partial charge in [-0.2, -0.15) is 0 Å². The molecule has 172 valence electrons. The third kappa shape index (κ3) is 4.33. The van der Waals surface area contributed by atoms with Crippen molar-refractivity contribution < 1.29 is 22.7 Å². The molecule has 0 N–H and O–H groups in total. The Balaban J connectivity index is 1.86. The number of carbonyl (C=O) groups is 1. The van der Waals surface area contributed by atoms with Crippen molar-refractivity contribution in [3.63, 3.8) is 0 Å². The normalized spacial score (nSPS) is 15.6. The molecule has 7 heteroatoms. The lowest BCUT2D eigenvalue weighted by molar-refractivity contribution is 0.0693. The first-order valence-electron chi connectivity index (χ1n) is 10.7. The number of methoxy groups -OCH3 is 2. The summed E-state index contributed by atoms with van der Waals surface area (Å²) in [5.41, 5.74) is 4.15. The Morgan fingerprint density at radius 1 is 0.970 bits per heavy atom. The summed E-state index contributed by atoms with van der Waals surface area (Å²) >= 11 is 0. The summed E-state index contributed by atoms with van der Waals surface area (Å²) in [6, 6.07) is 18.1. The van der Waals surface area contributed by atoms with Crippen LogP contribution in [0.2, 0.25) is 0 Å². The number of carbonyl (C=O) groups excluding carboxylic acids is 1. The number of benzene rings is 3. The first kappa shape index (κ1) is 22.9. The van der Waals surface area contributed by atoms with Crippen LogP contribution in [0.25, 0.3) is 0 Å². The molecule has 4 rings (SSSR count).